The Morgan fingerprint density at radius 1 is 1.24 bits per heavy atom. The van der Waals surface area contributed by atoms with Crippen LogP contribution in [0.2, 0.25) is 0 Å². The van der Waals surface area contributed by atoms with E-state index in [9.17, 15) is 9.59 Å². The molecular formula is C16H19N3O2. The number of carbonyl (C=O) groups is 1. The predicted octanol–water partition coefficient (Wildman–Crippen LogP) is 2.30. The Bertz CT molecular complexity index is 662. The normalized spacial score (nSPS) is 11.9. The number of benzene rings is 1. The highest BCUT2D eigenvalue weighted by Gasteiger charge is 2.07. The van der Waals surface area contributed by atoms with Crippen molar-refractivity contribution in [2.24, 2.45) is 0 Å². The van der Waals surface area contributed by atoms with E-state index in [2.05, 4.69) is 29.5 Å². The quantitative estimate of drug-likeness (QED) is 0.789. The minimum atomic E-state index is -0.298. The van der Waals surface area contributed by atoms with Gasteiger partial charge in [-0.05, 0) is 37.2 Å². The predicted molar refractivity (Wildman–Crippen MR) is 83.5 cm³/mol. The molecule has 1 amide bonds. The molecule has 21 heavy (non-hydrogen) atoms. The summed E-state index contributed by atoms with van der Waals surface area (Å²) < 4.78 is 0. The Morgan fingerprint density at radius 2 is 1.95 bits per heavy atom. The Balaban J connectivity index is 2.06. The highest BCUT2D eigenvalue weighted by atomic mass is 16.2. The second kappa shape index (κ2) is 6.85. The number of hydrogen-bond donors (Lipinski definition) is 3. The van der Waals surface area contributed by atoms with Gasteiger partial charge >= 0.3 is 0 Å². The SMILES string of the molecule is CCNC(C)c1ccc(NC(=O)c2cc[nH]c(=O)c2)cc1. The van der Waals surface area contributed by atoms with E-state index in [4.69, 9.17) is 0 Å². The third-order valence-corrected chi connectivity index (χ3v) is 3.22. The van der Waals surface area contributed by atoms with Gasteiger partial charge in [0.15, 0.2) is 0 Å². The average Bonchev–Trinajstić information content (AvgIpc) is 2.48. The monoisotopic (exact) mass is 285 g/mol. The number of pyridine rings is 1. The van der Waals surface area contributed by atoms with E-state index in [1.807, 2.05) is 24.3 Å². The molecule has 0 aliphatic heterocycles. The van der Waals surface area contributed by atoms with E-state index in [0.29, 0.717) is 11.3 Å². The van der Waals surface area contributed by atoms with E-state index in [1.54, 1.807) is 6.07 Å². The second-order valence-electron chi connectivity index (χ2n) is 4.80. The summed E-state index contributed by atoms with van der Waals surface area (Å²) in [6, 6.07) is 10.8. The Morgan fingerprint density at radius 3 is 2.57 bits per heavy atom. The fraction of sp³-hybridized carbons (Fsp3) is 0.250. The first-order valence-corrected chi connectivity index (χ1v) is 6.93. The van der Waals surface area contributed by atoms with Crippen molar-refractivity contribution in [2.75, 3.05) is 11.9 Å². The molecular weight excluding hydrogens is 266 g/mol. The van der Waals surface area contributed by atoms with Crippen molar-refractivity contribution >= 4 is 11.6 Å². The van der Waals surface area contributed by atoms with Crippen molar-refractivity contribution in [3.05, 3.63) is 64.1 Å². The zero-order valence-corrected chi connectivity index (χ0v) is 12.1. The number of nitrogens with one attached hydrogen (secondary N) is 3. The second-order valence-corrected chi connectivity index (χ2v) is 4.80. The highest BCUT2D eigenvalue weighted by molar-refractivity contribution is 6.04. The van der Waals surface area contributed by atoms with Crippen molar-refractivity contribution in [3.63, 3.8) is 0 Å². The zero-order valence-electron chi connectivity index (χ0n) is 12.1. The molecule has 1 aromatic heterocycles. The van der Waals surface area contributed by atoms with Crippen LogP contribution in [0.15, 0.2) is 47.4 Å². The lowest BCUT2D eigenvalue weighted by Gasteiger charge is -2.13. The number of aromatic nitrogens is 1. The lowest BCUT2D eigenvalue weighted by Crippen LogP contribution is -2.18. The molecule has 0 spiro atoms. The van der Waals surface area contributed by atoms with Crippen LogP contribution in [0.4, 0.5) is 5.69 Å². The minimum absolute atomic E-state index is 0.271. The van der Waals surface area contributed by atoms with Crippen LogP contribution in [-0.2, 0) is 0 Å². The van der Waals surface area contributed by atoms with Gasteiger partial charge in [-0.1, -0.05) is 19.1 Å². The van der Waals surface area contributed by atoms with E-state index >= 15 is 0 Å². The van der Waals surface area contributed by atoms with Crippen LogP contribution in [0.1, 0.15) is 35.8 Å². The molecule has 5 nitrogen and oxygen atoms in total. The summed E-state index contributed by atoms with van der Waals surface area (Å²) in [4.78, 5) is 25.7. The van der Waals surface area contributed by atoms with Crippen LogP contribution in [0, 0.1) is 0 Å². The van der Waals surface area contributed by atoms with Crippen molar-refractivity contribution in [2.45, 2.75) is 19.9 Å². The lowest BCUT2D eigenvalue weighted by molar-refractivity contribution is 0.102. The molecule has 0 saturated heterocycles. The molecule has 3 N–H and O–H groups in total. The first-order chi connectivity index (χ1) is 10.1. The molecule has 0 bridgehead atoms. The number of carbonyl (C=O) groups excluding carboxylic acids is 1. The molecule has 2 aromatic rings. The topological polar surface area (TPSA) is 74.0 Å². The van der Waals surface area contributed by atoms with Crippen LogP contribution in [0.25, 0.3) is 0 Å². The van der Waals surface area contributed by atoms with Gasteiger partial charge in [-0.2, -0.15) is 0 Å². The summed E-state index contributed by atoms with van der Waals surface area (Å²) in [5, 5.41) is 6.10. The molecule has 0 radical (unpaired) electrons. The average molecular weight is 285 g/mol. The fourth-order valence-electron chi connectivity index (χ4n) is 2.07. The maximum atomic E-state index is 12.0. The Kier molecular flexibility index (Phi) is 4.90. The summed E-state index contributed by atoms with van der Waals surface area (Å²) in [5.74, 6) is -0.298. The molecule has 1 heterocycles. The molecule has 1 unspecified atom stereocenters. The summed E-state index contributed by atoms with van der Waals surface area (Å²) in [6.07, 6.45) is 1.46. The van der Waals surface area contributed by atoms with Crippen LogP contribution >= 0.6 is 0 Å². The van der Waals surface area contributed by atoms with Gasteiger partial charge in [0, 0.05) is 29.6 Å². The molecule has 0 fully saturated rings. The van der Waals surface area contributed by atoms with Gasteiger partial charge in [0.05, 0.1) is 0 Å². The molecule has 0 aliphatic carbocycles. The van der Waals surface area contributed by atoms with E-state index in [1.165, 1.54) is 12.3 Å². The van der Waals surface area contributed by atoms with Gasteiger partial charge in [-0.3, -0.25) is 9.59 Å². The van der Waals surface area contributed by atoms with Gasteiger partial charge in [0.1, 0.15) is 0 Å². The Hall–Kier alpha value is -2.40. The third-order valence-electron chi connectivity index (χ3n) is 3.22. The first kappa shape index (κ1) is 15.0. The van der Waals surface area contributed by atoms with Crippen molar-refractivity contribution in [1.29, 1.82) is 0 Å². The van der Waals surface area contributed by atoms with Gasteiger partial charge in [0.2, 0.25) is 5.56 Å². The summed E-state index contributed by atoms with van der Waals surface area (Å²) in [7, 11) is 0. The highest BCUT2D eigenvalue weighted by Crippen LogP contribution is 2.16. The summed E-state index contributed by atoms with van der Waals surface area (Å²) in [5.41, 5.74) is 1.90. The first-order valence-electron chi connectivity index (χ1n) is 6.93. The molecule has 1 aromatic carbocycles. The Labute approximate surface area is 123 Å². The summed E-state index contributed by atoms with van der Waals surface area (Å²) in [6.45, 7) is 5.06. The maximum absolute atomic E-state index is 12.0. The van der Waals surface area contributed by atoms with E-state index in [0.717, 1.165) is 12.1 Å². The van der Waals surface area contributed by atoms with E-state index < -0.39 is 0 Å². The van der Waals surface area contributed by atoms with Gasteiger partial charge in [0.25, 0.3) is 5.91 Å². The van der Waals surface area contributed by atoms with Crippen LogP contribution in [0.5, 0.6) is 0 Å². The van der Waals surface area contributed by atoms with Crippen molar-refractivity contribution in [1.82, 2.24) is 10.3 Å². The third kappa shape index (κ3) is 4.03. The minimum Gasteiger partial charge on any atom is -0.329 e. The maximum Gasteiger partial charge on any atom is 0.255 e. The van der Waals surface area contributed by atoms with Crippen LogP contribution in [-0.4, -0.2) is 17.4 Å². The number of anilines is 1. The van der Waals surface area contributed by atoms with Gasteiger partial charge < -0.3 is 15.6 Å². The van der Waals surface area contributed by atoms with E-state index in [-0.39, 0.29) is 17.5 Å². The molecule has 0 saturated carbocycles. The van der Waals surface area contributed by atoms with Crippen molar-refractivity contribution < 1.29 is 4.79 Å². The molecule has 1 atom stereocenters. The smallest absolute Gasteiger partial charge is 0.255 e. The molecule has 110 valence electrons. The molecule has 0 aliphatic rings. The summed E-state index contributed by atoms with van der Waals surface area (Å²) >= 11 is 0. The fourth-order valence-corrected chi connectivity index (χ4v) is 2.07. The lowest BCUT2D eigenvalue weighted by atomic mass is 10.1. The number of amides is 1. The van der Waals surface area contributed by atoms with Crippen LogP contribution < -0.4 is 16.2 Å². The zero-order chi connectivity index (χ0) is 15.2. The van der Waals surface area contributed by atoms with Gasteiger partial charge in [-0.15, -0.1) is 0 Å². The van der Waals surface area contributed by atoms with Gasteiger partial charge in [-0.25, -0.2) is 0 Å². The number of H-pyrrole nitrogens is 1. The molecule has 2 rings (SSSR count). The number of hydrogen-bond acceptors (Lipinski definition) is 3. The van der Waals surface area contributed by atoms with Crippen LogP contribution in [0.3, 0.4) is 0 Å². The molecule has 5 heteroatoms. The number of aromatic amines is 1. The number of rotatable bonds is 5. The van der Waals surface area contributed by atoms with Crippen molar-refractivity contribution in [3.8, 4) is 0 Å². The largest absolute Gasteiger partial charge is 0.329 e. The standard InChI is InChI=1S/C16H19N3O2/c1-3-17-11(2)12-4-6-14(7-5-12)19-16(21)13-8-9-18-15(20)10-13/h4-11,17H,3H2,1-2H3,(H,18,20)(H,19,21).